The Labute approximate surface area is 513 Å². The van der Waals surface area contributed by atoms with Crippen molar-refractivity contribution in [2.24, 2.45) is 0 Å². The molecule has 0 aromatic heterocycles. The second-order valence-corrected chi connectivity index (χ2v) is 26.0. The molecule has 0 aromatic carbocycles. The van der Waals surface area contributed by atoms with Crippen molar-refractivity contribution in [2.45, 2.75) is 437 Å². The van der Waals surface area contributed by atoms with Gasteiger partial charge in [-0.25, -0.2) is 0 Å². The average Bonchev–Trinajstić information content (AvgIpc) is 3.48. The number of hydrogen-bond acceptors (Lipinski definition) is 5. The van der Waals surface area contributed by atoms with Crippen LogP contribution in [0.25, 0.3) is 0 Å². The van der Waals surface area contributed by atoms with E-state index in [2.05, 4.69) is 43.5 Å². The Kier molecular flexibility index (Phi) is 70.4. The lowest BCUT2D eigenvalue weighted by molar-refractivity contribution is -0.143. The standard InChI is InChI=1S/C76H147NO5/c1-3-5-7-9-11-13-15-17-19-20-21-22-23-28-31-34-37-41-44-48-52-56-60-64-68-74(79)73(72-78)77-75(80)69-65-61-57-53-49-45-42-38-35-32-29-26-24-25-27-30-33-36-39-43-47-51-55-59-63-67-71-82-76(81)70-66-62-58-54-50-46-40-18-16-14-12-10-8-6-4-2/h12,14,18,40,73-74,78-79H,3-11,13,15-17,19-39,41-72H2,1-2H3,(H,77,80)/b14-12-,40-18-. The minimum absolute atomic E-state index is 0.00427. The van der Waals surface area contributed by atoms with Gasteiger partial charge in [-0.1, -0.05) is 378 Å². The fraction of sp³-hybridized carbons (Fsp3) is 0.921. The molecule has 6 nitrogen and oxygen atoms in total. The summed E-state index contributed by atoms with van der Waals surface area (Å²) in [7, 11) is 0. The van der Waals surface area contributed by atoms with E-state index in [1.807, 2.05) is 0 Å². The number of allylic oxidation sites excluding steroid dienone is 4. The van der Waals surface area contributed by atoms with E-state index in [0.29, 0.717) is 25.9 Å². The predicted molar refractivity (Wildman–Crippen MR) is 361 cm³/mol. The summed E-state index contributed by atoms with van der Waals surface area (Å²) in [5.41, 5.74) is 0. The molecule has 486 valence electrons. The third-order valence-corrected chi connectivity index (χ3v) is 17.8. The molecule has 6 heteroatoms. The molecule has 0 rings (SSSR count). The van der Waals surface area contributed by atoms with Gasteiger partial charge < -0.3 is 20.3 Å². The lowest BCUT2D eigenvalue weighted by Crippen LogP contribution is -2.45. The minimum atomic E-state index is -0.664. The minimum Gasteiger partial charge on any atom is -0.466 e. The molecule has 2 unspecified atom stereocenters. The number of rotatable bonds is 71. The van der Waals surface area contributed by atoms with Gasteiger partial charge in [0, 0.05) is 12.8 Å². The SMILES string of the molecule is CCCCC/C=C\C/C=C\CCCCCCCC(=O)OCCCCCCCCCCCCCCCCCCCCCCCCCCCCC(=O)NC(CO)C(O)CCCCCCCCCCCCCCCCCCCCCCCCCC. The van der Waals surface area contributed by atoms with Crippen LogP contribution in [0.4, 0.5) is 0 Å². The third kappa shape index (κ3) is 67.5. The number of nitrogens with one attached hydrogen (secondary N) is 1. The van der Waals surface area contributed by atoms with Crippen LogP contribution in [0, 0.1) is 0 Å². The number of carbonyl (C=O) groups excluding carboxylic acids is 2. The monoisotopic (exact) mass is 1150 g/mol. The topological polar surface area (TPSA) is 95.9 Å². The molecular weight excluding hydrogens is 1010 g/mol. The average molecular weight is 1160 g/mol. The van der Waals surface area contributed by atoms with Gasteiger partial charge in [-0.3, -0.25) is 9.59 Å². The van der Waals surface area contributed by atoms with Crippen molar-refractivity contribution in [1.29, 1.82) is 0 Å². The van der Waals surface area contributed by atoms with Crippen LogP contribution in [0.3, 0.4) is 0 Å². The number of unbranched alkanes of at least 4 members (excludes halogenated alkanes) is 56. The Morgan fingerprint density at radius 3 is 0.951 bits per heavy atom. The zero-order chi connectivity index (χ0) is 59.2. The molecule has 2 atom stereocenters. The molecule has 0 aliphatic carbocycles. The van der Waals surface area contributed by atoms with Crippen molar-refractivity contribution < 1.29 is 24.5 Å². The summed E-state index contributed by atoms with van der Waals surface area (Å²) >= 11 is 0. The van der Waals surface area contributed by atoms with Gasteiger partial charge in [0.25, 0.3) is 0 Å². The zero-order valence-corrected chi connectivity index (χ0v) is 55.8. The van der Waals surface area contributed by atoms with E-state index in [1.165, 1.54) is 340 Å². The number of aliphatic hydroxyl groups excluding tert-OH is 2. The summed E-state index contributed by atoms with van der Waals surface area (Å²) in [6, 6.07) is -0.541. The lowest BCUT2D eigenvalue weighted by atomic mass is 10.0. The van der Waals surface area contributed by atoms with E-state index < -0.39 is 12.1 Å². The van der Waals surface area contributed by atoms with Crippen molar-refractivity contribution in [3.63, 3.8) is 0 Å². The van der Waals surface area contributed by atoms with Crippen LogP contribution in [0.1, 0.15) is 425 Å². The fourth-order valence-corrected chi connectivity index (χ4v) is 12.0. The molecule has 0 radical (unpaired) electrons. The van der Waals surface area contributed by atoms with Crippen LogP contribution < -0.4 is 5.32 Å². The molecular formula is C76H147NO5. The number of carbonyl (C=O) groups is 2. The highest BCUT2D eigenvalue weighted by molar-refractivity contribution is 5.76. The van der Waals surface area contributed by atoms with Gasteiger partial charge >= 0.3 is 5.97 Å². The van der Waals surface area contributed by atoms with Crippen LogP contribution >= 0.6 is 0 Å². The Balaban J connectivity index is 3.36. The summed E-state index contributed by atoms with van der Waals surface area (Å²) < 4.78 is 5.49. The van der Waals surface area contributed by atoms with E-state index in [9.17, 15) is 19.8 Å². The van der Waals surface area contributed by atoms with E-state index >= 15 is 0 Å². The van der Waals surface area contributed by atoms with Crippen LogP contribution in [0.15, 0.2) is 24.3 Å². The number of aliphatic hydroxyl groups is 2. The summed E-state index contributed by atoms with van der Waals surface area (Å²) in [5, 5.41) is 23.5. The van der Waals surface area contributed by atoms with Crippen LogP contribution in [0.2, 0.25) is 0 Å². The van der Waals surface area contributed by atoms with Crippen molar-refractivity contribution in [3.8, 4) is 0 Å². The van der Waals surface area contributed by atoms with Crippen LogP contribution in [-0.2, 0) is 14.3 Å². The van der Waals surface area contributed by atoms with Gasteiger partial charge in [-0.2, -0.15) is 0 Å². The van der Waals surface area contributed by atoms with E-state index in [4.69, 9.17) is 4.74 Å². The first-order valence-electron chi connectivity index (χ1n) is 37.6. The molecule has 0 saturated carbocycles. The smallest absolute Gasteiger partial charge is 0.305 e. The fourth-order valence-electron chi connectivity index (χ4n) is 12.0. The Morgan fingerprint density at radius 2 is 0.610 bits per heavy atom. The Hall–Kier alpha value is -1.66. The molecule has 0 aliphatic heterocycles. The second kappa shape index (κ2) is 71.8. The van der Waals surface area contributed by atoms with Crippen LogP contribution in [-0.4, -0.2) is 47.4 Å². The quantitative estimate of drug-likeness (QED) is 0.0320. The first-order chi connectivity index (χ1) is 40.5. The lowest BCUT2D eigenvalue weighted by Gasteiger charge is -2.22. The number of amides is 1. The molecule has 0 fully saturated rings. The van der Waals surface area contributed by atoms with Crippen molar-refractivity contribution in [1.82, 2.24) is 5.32 Å². The third-order valence-electron chi connectivity index (χ3n) is 17.8. The van der Waals surface area contributed by atoms with Gasteiger partial charge in [-0.05, 0) is 57.8 Å². The summed E-state index contributed by atoms with van der Waals surface area (Å²) in [4.78, 5) is 24.6. The highest BCUT2D eigenvalue weighted by Gasteiger charge is 2.20. The molecule has 0 heterocycles. The highest BCUT2D eigenvalue weighted by Crippen LogP contribution is 2.20. The predicted octanol–water partition coefficient (Wildman–Crippen LogP) is 24.5. The van der Waals surface area contributed by atoms with Gasteiger partial charge in [0.15, 0.2) is 0 Å². The summed E-state index contributed by atoms with van der Waals surface area (Å²) in [6.07, 6.45) is 91.0. The van der Waals surface area contributed by atoms with E-state index in [-0.39, 0.29) is 18.5 Å². The summed E-state index contributed by atoms with van der Waals surface area (Å²) in [6.45, 7) is 4.97. The van der Waals surface area contributed by atoms with Gasteiger partial charge in [0.2, 0.25) is 5.91 Å². The molecule has 0 bridgehead atoms. The second-order valence-electron chi connectivity index (χ2n) is 26.0. The Morgan fingerprint density at radius 1 is 0.341 bits per heavy atom. The molecule has 0 saturated heterocycles. The zero-order valence-electron chi connectivity index (χ0n) is 55.8. The largest absolute Gasteiger partial charge is 0.466 e. The van der Waals surface area contributed by atoms with E-state index in [0.717, 1.165) is 51.4 Å². The Bertz CT molecular complexity index is 1280. The van der Waals surface area contributed by atoms with Crippen molar-refractivity contribution in [2.75, 3.05) is 13.2 Å². The van der Waals surface area contributed by atoms with Crippen molar-refractivity contribution in [3.05, 3.63) is 24.3 Å². The maximum absolute atomic E-state index is 12.6. The van der Waals surface area contributed by atoms with Crippen LogP contribution in [0.5, 0.6) is 0 Å². The van der Waals surface area contributed by atoms with E-state index in [1.54, 1.807) is 0 Å². The first kappa shape index (κ1) is 80.3. The molecule has 82 heavy (non-hydrogen) atoms. The molecule has 0 aromatic rings. The number of ether oxygens (including phenoxy) is 1. The molecule has 0 aliphatic rings. The van der Waals surface area contributed by atoms with Gasteiger partial charge in [0.05, 0.1) is 25.4 Å². The maximum atomic E-state index is 12.6. The number of hydrogen-bond donors (Lipinski definition) is 3. The molecule has 3 N–H and O–H groups in total. The maximum Gasteiger partial charge on any atom is 0.305 e. The van der Waals surface area contributed by atoms with Gasteiger partial charge in [-0.15, -0.1) is 0 Å². The molecule has 1 amide bonds. The first-order valence-corrected chi connectivity index (χ1v) is 37.6. The highest BCUT2D eigenvalue weighted by atomic mass is 16.5. The normalized spacial score (nSPS) is 12.6. The van der Waals surface area contributed by atoms with Crippen molar-refractivity contribution >= 4 is 11.9 Å². The van der Waals surface area contributed by atoms with Gasteiger partial charge in [0.1, 0.15) is 0 Å². The summed E-state index contributed by atoms with van der Waals surface area (Å²) in [5.74, 6) is -0.0232. The number of esters is 1. The molecule has 0 spiro atoms.